The van der Waals surface area contributed by atoms with Gasteiger partial charge in [-0.15, -0.1) is 0 Å². The van der Waals surface area contributed by atoms with Crippen LogP contribution in [-0.2, 0) is 20.7 Å². The van der Waals surface area contributed by atoms with Crippen LogP contribution in [0.4, 0.5) is 14.9 Å². The lowest BCUT2D eigenvalue weighted by Crippen LogP contribution is -2.75. The maximum absolute atomic E-state index is 16.0. The summed E-state index contributed by atoms with van der Waals surface area (Å²) >= 11 is 0. The number of hydrogen-bond acceptors (Lipinski definition) is 9. The van der Waals surface area contributed by atoms with Gasteiger partial charge in [-0.1, -0.05) is 10.3 Å². The molecule has 2 saturated heterocycles. The van der Waals surface area contributed by atoms with E-state index in [4.69, 9.17) is 13.8 Å². The molecular formula is C22H20FN5O6. The van der Waals surface area contributed by atoms with Gasteiger partial charge in [0.1, 0.15) is 17.1 Å². The van der Waals surface area contributed by atoms with E-state index in [0.717, 1.165) is 0 Å². The molecule has 34 heavy (non-hydrogen) atoms. The molecule has 1 spiro atoms. The Morgan fingerprint density at radius 2 is 1.85 bits per heavy atom. The van der Waals surface area contributed by atoms with Gasteiger partial charge < -0.3 is 18.7 Å². The predicted octanol–water partition coefficient (Wildman–Crippen LogP) is 1.82. The number of nitrogens with one attached hydrogen (secondary N) is 2. The third-order valence-corrected chi connectivity index (χ3v) is 6.84. The number of urea groups is 1. The molecule has 0 aliphatic carbocycles. The van der Waals surface area contributed by atoms with Crippen LogP contribution in [-0.4, -0.2) is 53.0 Å². The van der Waals surface area contributed by atoms with Gasteiger partial charge in [0, 0.05) is 19.0 Å². The zero-order valence-corrected chi connectivity index (χ0v) is 18.5. The van der Waals surface area contributed by atoms with Crippen LogP contribution in [0.1, 0.15) is 25.2 Å². The molecule has 4 amide bonds. The second kappa shape index (κ2) is 6.86. The van der Waals surface area contributed by atoms with E-state index < -0.39 is 41.2 Å². The van der Waals surface area contributed by atoms with Crippen LogP contribution < -0.4 is 15.5 Å². The molecule has 3 atom stereocenters. The van der Waals surface area contributed by atoms with E-state index in [9.17, 15) is 14.4 Å². The van der Waals surface area contributed by atoms with Gasteiger partial charge in [-0.2, -0.15) is 0 Å². The smallest absolute Gasteiger partial charge is 0.328 e. The molecule has 6 rings (SSSR count). The molecule has 3 aromatic rings. The second-order valence-electron chi connectivity index (χ2n) is 9.06. The summed E-state index contributed by atoms with van der Waals surface area (Å²) in [4.78, 5) is 40.0. The highest BCUT2D eigenvalue weighted by Crippen LogP contribution is 2.49. The van der Waals surface area contributed by atoms with Gasteiger partial charge in [-0.05, 0) is 32.4 Å². The van der Waals surface area contributed by atoms with Crippen LogP contribution in [0, 0.1) is 18.2 Å². The van der Waals surface area contributed by atoms with Gasteiger partial charge in [-0.3, -0.25) is 20.2 Å². The molecule has 2 aromatic heterocycles. The number of anilines is 1. The summed E-state index contributed by atoms with van der Waals surface area (Å²) in [7, 11) is 0. The lowest BCUT2D eigenvalue weighted by atomic mass is 9.66. The van der Waals surface area contributed by atoms with E-state index in [1.165, 1.54) is 0 Å². The largest absolute Gasteiger partial charge is 0.372 e. The van der Waals surface area contributed by atoms with Crippen molar-refractivity contribution < 1.29 is 32.6 Å². The minimum atomic E-state index is -1.71. The highest BCUT2D eigenvalue weighted by Gasteiger charge is 2.63. The molecule has 12 heteroatoms. The Labute approximate surface area is 191 Å². The third kappa shape index (κ3) is 2.62. The average molecular weight is 469 g/mol. The summed E-state index contributed by atoms with van der Waals surface area (Å²) in [5.41, 5.74) is -0.493. The zero-order chi connectivity index (χ0) is 23.9. The monoisotopic (exact) mass is 469 g/mol. The average Bonchev–Trinajstić information content (AvgIpc) is 3.37. The zero-order valence-electron chi connectivity index (χ0n) is 18.5. The number of morpholine rings is 1. The third-order valence-electron chi connectivity index (χ3n) is 6.84. The Morgan fingerprint density at radius 1 is 1.12 bits per heavy atom. The summed E-state index contributed by atoms with van der Waals surface area (Å²) in [5.74, 6) is -1.60. The van der Waals surface area contributed by atoms with E-state index >= 15 is 4.39 Å². The number of amides is 4. The number of nitrogens with zero attached hydrogens (tertiary/aromatic N) is 3. The first-order valence-electron chi connectivity index (χ1n) is 10.8. The van der Waals surface area contributed by atoms with Crippen molar-refractivity contribution >= 4 is 34.5 Å². The molecule has 0 unspecified atom stereocenters. The molecular weight excluding hydrogens is 449 g/mol. The standard InChI is InChI=1S/C22H20FN5O6/c1-8-4-13(26-33-8)15-12-5-11-6-22(19(29)24-21(31)25-20(22)30)18-10(3)32-9(2)7-28(18)16(11)14(23)17(12)34-27-15/h4-5,9-10,18H,6-7H2,1-3H3,(H2,24,25,29,30,31)/t9-,10+,18-/m1/s1. The topological polar surface area (TPSA) is 140 Å². The lowest BCUT2D eigenvalue weighted by molar-refractivity contribution is -0.153. The molecule has 0 saturated carbocycles. The van der Waals surface area contributed by atoms with Crippen molar-refractivity contribution in [3.05, 3.63) is 29.3 Å². The van der Waals surface area contributed by atoms with Gasteiger partial charge in [0.2, 0.25) is 17.4 Å². The molecule has 11 nitrogen and oxygen atoms in total. The normalized spacial score (nSPS) is 25.8. The van der Waals surface area contributed by atoms with Crippen LogP contribution >= 0.6 is 0 Å². The fourth-order valence-electron chi connectivity index (χ4n) is 5.61. The SMILES string of the molecule is Cc1cc(-c2noc3c(F)c4c(cc23)CC2(C(=O)NC(=O)NC2=O)[C@H]2[C@H](C)O[C@H](C)CN42)no1. The minimum absolute atomic E-state index is 0.0661. The molecule has 3 aliphatic heterocycles. The molecule has 2 fully saturated rings. The molecule has 2 N–H and O–H groups in total. The Kier molecular flexibility index (Phi) is 4.19. The van der Waals surface area contributed by atoms with E-state index in [1.807, 2.05) is 6.92 Å². The molecule has 0 radical (unpaired) electrons. The minimum Gasteiger partial charge on any atom is -0.372 e. The van der Waals surface area contributed by atoms with Crippen molar-refractivity contribution in [3.8, 4) is 11.4 Å². The predicted molar refractivity (Wildman–Crippen MR) is 113 cm³/mol. The summed E-state index contributed by atoms with van der Waals surface area (Å²) in [5, 5.41) is 12.7. The first-order chi connectivity index (χ1) is 16.2. The van der Waals surface area contributed by atoms with E-state index in [1.54, 1.807) is 30.9 Å². The number of barbiturate groups is 1. The number of aryl methyl sites for hydroxylation is 1. The van der Waals surface area contributed by atoms with Crippen LogP contribution in [0.15, 0.2) is 21.2 Å². The highest BCUT2D eigenvalue weighted by molar-refractivity contribution is 6.20. The van der Waals surface area contributed by atoms with E-state index in [0.29, 0.717) is 22.4 Å². The number of ether oxygens (including phenoxy) is 1. The molecule has 0 bridgehead atoms. The van der Waals surface area contributed by atoms with Crippen molar-refractivity contribution in [2.75, 3.05) is 11.4 Å². The molecule has 3 aliphatic rings. The maximum Gasteiger partial charge on any atom is 0.328 e. The number of fused-ring (bicyclic) bond motifs is 5. The second-order valence-corrected chi connectivity index (χ2v) is 9.06. The number of rotatable bonds is 1. The first-order valence-corrected chi connectivity index (χ1v) is 10.8. The number of hydrogen-bond donors (Lipinski definition) is 2. The van der Waals surface area contributed by atoms with Crippen LogP contribution in [0.25, 0.3) is 22.4 Å². The number of halogens is 1. The number of carbonyl (C=O) groups is 3. The number of aromatic nitrogens is 2. The number of benzene rings is 1. The first kappa shape index (κ1) is 20.8. The maximum atomic E-state index is 16.0. The van der Waals surface area contributed by atoms with Gasteiger partial charge in [-0.25, -0.2) is 9.18 Å². The van der Waals surface area contributed by atoms with Crippen molar-refractivity contribution in [3.63, 3.8) is 0 Å². The van der Waals surface area contributed by atoms with Crippen molar-refractivity contribution in [1.82, 2.24) is 20.9 Å². The van der Waals surface area contributed by atoms with Crippen molar-refractivity contribution in [1.29, 1.82) is 0 Å². The molecule has 5 heterocycles. The van der Waals surface area contributed by atoms with E-state index in [-0.39, 0.29) is 36.0 Å². The summed E-state index contributed by atoms with van der Waals surface area (Å²) in [6, 6.07) is 1.56. The fraction of sp³-hybridized carbons (Fsp3) is 0.409. The Hall–Kier alpha value is -3.80. The Bertz CT molecular complexity index is 1380. The van der Waals surface area contributed by atoms with Crippen molar-refractivity contribution in [2.45, 2.75) is 45.4 Å². The quantitative estimate of drug-likeness (QED) is 0.511. The number of imide groups is 2. The summed E-state index contributed by atoms with van der Waals surface area (Å²) in [6.45, 7) is 5.50. The molecule has 176 valence electrons. The van der Waals surface area contributed by atoms with Crippen LogP contribution in [0.5, 0.6) is 0 Å². The summed E-state index contributed by atoms with van der Waals surface area (Å²) < 4.78 is 32.4. The van der Waals surface area contributed by atoms with Gasteiger partial charge in [0.25, 0.3) is 0 Å². The van der Waals surface area contributed by atoms with E-state index in [2.05, 4.69) is 20.9 Å². The number of carbonyl (C=O) groups excluding carboxylic acids is 3. The molecule has 1 aromatic carbocycles. The lowest BCUT2D eigenvalue weighted by Gasteiger charge is -2.55. The van der Waals surface area contributed by atoms with Crippen molar-refractivity contribution in [2.24, 2.45) is 5.41 Å². The fourth-order valence-corrected chi connectivity index (χ4v) is 5.61. The Morgan fingerprint density at radius 3 is 2.53 bits per heavy atom. The van der Waals surface area contributed by atoms with Gasteiger partial charge in [0.05, 0.1) is 29.3 Å². The van der Waals surface area contributed by atoms with Crippen LogP contribution in [0.2, 0.25) is 0 Å². The van der Waals surface area contributed by atoms with Gasteiger partial charge in [0.15, 0.2) is 11.2 Å². The highest BCUT2D eigenvalue weighted by atomic mass is 19.1. The summed E-state index contributed by atoms with van der Waals surface area (Å²) in [6.07, 6.45) is -1.06. The Balaban J connectivity index is 1.60. The van der Waals surface area contributed by atoms with Crippen LogP contribution in [0.3, 0.4) is 0 Å². The van der Waals surface area contributed by atoms with Gasteiger partial charge >= 0.3 is 6.03 Å².